The van der Waals surface area contributed by atoms with Crippen LogP contribution in [-0.4, -0.2) is 69.3 Å². The van der Waals surface area contributed by atoms with Gasteiger partial charge in [0.15, 0.2) is 5.82 Å². The van der Waals surface area contributed by atoms with Gasteiger partial charge in [-0.1, -0.05) is 17.7 Å². The third kappa shape index (κ3) is 6.66. The molecule has 4 aromatic rings. The maximum absolute atomic E-state index is 16.5. The number of methoxy groups -OCH3 is 1. The predicted octanol–water partition coefficient (Wildman–Crippen LogP) is 5.76. The minimum Gasteiger partial charge on any atom is -0.496 e. The summed E-state index contributed by atoms with van der Waals surface area (Å²) in [5.74, 6) is -0.0170. The summed E-state index contributed by atoms with van der Waals surface area (Å²) in [4.78, 5) is 34.3. The summed E-state index contributed by atoms with van der Waals surface area (Å²) >= 11 is 6.67. The molecule has 232 valence electrons. The molecule has 1 fully saturated rings. The van der Waals surface area contributed by atoms with Gasteiger partial charge in [0, 0.05) is 49.0 Å². The molecule has 5 rings (SSSR count). The summed E-state index contributed by atoms with van der Waals surface area (Å²) in [5.41, 5.74) is -0.899. The number of nitrogens with zero attached hydrogens (tertiary/aromatic N) is 6. The number of aromatic nitrogens is 4. The zero-order valence-electron chi connectivity index (χ0n) is 25.2. The van der Waals surface area contributed by atoms with Crippen molar-refractivity contribution in [2.75, 3.05) is 31.6 Å². The number of benzene rings is 2. The van der Waals surface area contributed by atoms with Crippen LogP contribution >= 0.6 is 11.6 Å². The maximum atomic E-state index is 16.5. The van der Waals surface area contributed by atoms with Gasteiger partial charge in [0.1, 0.15) is 40.2 Å². The quantitative estimate of drug-likeness (QED) is 0.274. The van der Waals surface area contributed by atoms with Crippen LogP contribution in [-0.2, 0) is 17.8 Å². The summed E-state index contributed by atoms with van der Waals surface area (Å²) in [7, 11) is 1.38. The molecule has 2 aromatic heterocycles. The van der Waals surface area contributed by atoms with Crippen molar-refractivity contribution in [3.05, 3.63) is 71.0 Å². The van der Waals surface area contributed by atoms with Crippen molar-refractivity contribution in [3.8, 4) is 16.9 Å². The highest BCUT2D eigenvalue weighted by atomic mass is 35.5. The van der Waals surface area contributed by atoms with Crippen LogP contribution in [0.15, 0.2) is 42.7 Å². The van der Waals surface area contributed by atoms with Crippen molar-refractivity contribution >= 4 is 34.4 Å². The molecule has 1 aliphatic rings. The topological polar surface area (TPSA) is 106 Å². The number of nitrogens with one attached hydrogen (secondary N) is 1. The third-order valence-electron chi connectivity index (χ3n) is 7.09. The molecule has 44 heavy (non-hydrogen) atoms. The van der Waals surface area contributed by atoms with Gasteiger partial charge >= 0.3 is 6.09 Å². The Kier molecular flexibility index (Phi) is 9.12. The number of carbonyl (C=O) groups is 1. The van der Waals surface area contributed by atoms with Gasteiger partial charge in [-0.2, -0.15) is 0 Å². The van der Waals surface area contributed by atoms with Crippen LogP contribution < -0.4 is 15.0 Å². The zero-order valence-corrected chi connectivity index (χ0v) is 26.0. The minimum absolute atomic E-state index is 0.0178. The third-order valence-corrected chi connectivity index (χ3v) is 7.39. The molecule has 1 aliphatic heterocycles. The van der Waals surface area contributed by atoms with Crippen molar-refractivity contribution < 1.29 is 23.0 Å². The van der Waals surface area contributed by atoms with Gasteiger partial charge in [-0.05, 0) is 52.0 Å². The van der Waals surface area contributed by atoms with Gasteiger partial charge in [0.25, 0.3) is 0 Å². The zero-order chi connectivity index (χ0) is 31.6. The molecule has 3 heterocycles. The molecule has 2 aromatic carbocycles. The molecule has 0 spiro atoms. The number of hydrogen-bond acceptors (Lipinski definition) is 9. The van der Waals surface area contributed by atoms with E-state index in [1.807, 2.05) is 32.6 Å². The van der Waals surface area contributed by atoms with E-state index >= 15 is 8.78 Å². The van der Waals surface area contributed by atoms with E-state index in [1.54, 1.807) is 29.4 Å². The highest BCUT2D eigenvalue weighted by Gasteiger charge is 2.33. The summed E-state index contributed by atoms with van der Waals surface area (Å²) < 4.78 is 42.5. The van der Waals surface area contributed by atoms with Crippen molar-refractivity contribution in [2.45, 2.75) is 52.4 Å². The first-order valence-corrected chi connectivity index (χ1v) is 14.6. The van der Waals surface area contributed by atoms with Gasteiger partial charge in [0.2, 0.25) is 0 Å². The molecule has 1 saturated heterocycles. The van der Waals surface area contributed by atoms with Crippen LogP contribution in [0.5, 0.6) is 5.75 Å². The van der Waals surface area contributed by atoms with Gasteiger partial charge in [-0.3, -0.25) is 0 Å². The van der Waals surface area contributed by atoms with Crippen molar-refractivity contribution in [2.24, 2.45) is 0 Å². The van der Waals surface area contributed by atoms with E-state index in [4.69, 9.17) is 26.1 Å². The van der Waals surface area contributed by atoms with Gasteiger partial charge in [0.05, 0.1) is 30.8 Å². The highest BCUT2D eigenvalue weighted by molar-refractivity contribution is 6.34. The molecule has 10 nitrogen and oxygen atoms in total. The van der Waals surface area contributed by atoms with Crippen LogP contribution in [0.2, 0.25) is 5.02 Å². The minimum atomic E-state index is -0.798. The summed E-state index contributed by atoms with van der Waals surface area (Å²) in [6.07, 6.45) is 2.89. The number of hydrogen-bond donors (Lipinski definition) is 1. The molecule has 0 bridgehead atoms. The fourth-order valence-corrected chi connectivity index (χ4v) is 5.43. The summed E-state index contributed by atoms with van der Waals surface area (Å²) in [5, 5.41) is 3.55. The van der Waals surface area contributed by atoms with Crippen molar-refractivity contribution in [3.63, 3.8) is 0 Å². The second-order valence-corrected chi connectivity index (χ2v) is 11.9. The van der Waals surface area contributed by atoms with E-state index in [2.05, 4.69) is 20.3 Å². The Balaban J connectivity index is 1.56. The fraction of sp³-hybridized carbons (Fsp3) is 0.387. The Morgan fingerprint density at radius 2 is 1.80 bits per heavy atom. The van der Waals surface area contributed by atoms with Crippen LogP contribution in [0.3, 0.4) is 0 Å². The first-order valence-electron chi connectivity index (χ1n) is 14.2. The average Bonchev–Trinajstić information content (AvgIpc) is 2.97. The molecule has 0 unspecified atom stereocenters. The molecule has 0 aliphatic carbocycles. The standard InChI is InChI=1S/C31H34ClF2N7O3/c1-18-17-40(12-13-41(18)30(42)44-31(2,3)4)29-19-14-20(32)25(26-21(33)8-6-9-22(26)43-5)27(34)28(19)38-24(39-29)16-35-15-23-36-10-7-11-37-23/h6-11,14,18,35H,12-13,15-17H2,1-5H3/t18-/m1/s1. The van der Waals surface area contributed by atoms with Crippen molar-refractivity contribution in [1.82, 2.24) is 30.2 Å². The van der Waals surface area contributed by atoms with E-state index < -0.39 is 23.3 Å². The average molecular weight is 626 g/mol. The number of amides is 1. The normalized spacial score (nSPS) is 15.5. The molecule has 1 amide bonds. The second kappa shape index (κ2) is 12.8. The van der Waals surface area contributed by atoms with Crippen LogP contribution in [0, 0.1) is 11.6 Å². The van der Waals surface area contributed by atoms with E-state index in [1.165, 1.54) is 25.3 Å². The van der Waals surface area contributed by atoms with Crippen molar-refractivity contribution in [1.29, 1.82) is 0 Å². The van der Waals surface area contributed by atoms with Gasteiger partial charge in [-0.25, -0.2) is 33.5 Å². The Bertz CT molecular complexity index is 1670. The van der Waals surface area contributed by atoms with E-state index in [0.717, 1.165) is 0 Å². The van der Waals surface area contributed by atoms with E-state index in [-0.39, 0.29) is 40.0 Å². The molecule has 13 heteroatoms. The first-order chi connectivity index (χ1) is 21.0. The summed E-state index contributed by atoms with van der Waals surface area (Å²) in [6.45, 7) is 9.06. The Labute approximate surface area is 259 Å². The molecule has 1 atom stereocenters. The van der Waals surface area contributed by atoms with Gasteiger partial charge < -0.3 is 24.6 Å². The lowest BCUT2D eigenvalue weighted by molar-refractivity contribution is 0.0158. The van der Waals surface area contributed by atoms with Crippen LogP contribution in [0.25, 0.3) is 22.0 Å². The molecule has 0 saturated carbocycles. The number of anilines is 1. The molecule has 0 radical (unpaired) electrons. The monoisotopic (exact) mass is 625 g/mol. The number of piperazine rings is 1. The number of ether oxygens (including phenoxy) is 2. The molecular formula is C31H34ClF2N7O3. The predicted molar refractivity (Wildman–Crippen MR) is 164 cm³/mol. The number of fused-ring (bicyclic) bond motifs is 1. The lowest BCUT2D eigenvalue weighted by atomic mass is 10.0. The SMILES string of the molecule is COc1cccc(F)c1-c1c(Cl)cc2c(N3CCN(C(=O)OC(C)(C)C)[C@H](C)C3)nc(CNCc3ncccn3)nc2c1F. The second-order valence-electron chi connectivity index (χ2n) is 11.5. The maximum Gasteiger partial charge on any atom is 0.410 e. The highest BCUT2D eigenvalue weighted by Crippen LogP contribution is 2.42. The lowest BCUT2D eigenvalue weighted by Crippen LogP contribution is -2.55. The molecular weight excluding hydrogens is 592 g/mol. The Morgan fingerprint density at radius 3 is 2.48 bits per heavy atom. The van der Waals surface area contributed by atoms with Crippen LogP contribution in [0.4, 0.5) is 19.4 Å². The fourth-order valence-electron chi connectivity index (χ4n) is 5.14. The number of rotatable bonds is 7. The smallest absolute Gasteiger partial charge is 0.410 e. The molecule has 1 N–H and O–H groups in total. The van der Waals surface area contributed by atoms with Crippen LogP contribution in [0.1, 0.15) is 39.3 Å². The Hall–Kier alpha value is -4.16. The van der Waals surface area contributed by atoms with E-state index in [9.17, 15) is 4.79 Å². The summed E-state index contributed by atoms with van der Waals surface area (Å²) in [6, 6.07) is 7.27. The lowest BCUT2D eigenvalue weighted by Gasteiger charge is -2.41. The Morgan fingerprint density at radius 1 is 1.07 bits per heavy atom. The van der Waals surface area contributed by atoms with E-state index in [0.29, 0.717) is 49.0 Å². The number of halogens is 3. The largest absolute Gasteiger partial charge is 0.496 e. The number of carbonyl (C=O) groups excluding carboxylic acids is 1. The first kappa shape index (κ1) is 31.3. The van der Waals surface area contributed by atoms with Gasteiger partial charge in [-0.15, -0.1) is 0 Å².